The molecule has 0 aromatic carbocycles. The molecule has 0 amide bonds. The van der Waals surface area contributed by atoms with Crippen LogP contribution in [0.3, 0.4) is 0 Å². The van der Waals surface area contributed by atoms with Crippen molar-refractivity contribution < 1.29 is 5.11 Å². The van der Waals surface area contributed by atoms with Crippen LogP contribution in [0.25, 0.3) is 0 Å². The van der Waals surface area contributed by atoms with Gasteiger partial charge in [0.2, 0.25) is 5.88 Å². The summed E-state index contributed by atoms with van der Waals surface area (Å²) < 4.78 is 1.33. The SMILES string of the molecule is Cc1c(O)n(C(C)C2CCCCC2)c(=O)[nH]c1=O. The van der Waals surface area contributed by atoms with Gasteiger partial charge in [-0.15, -0.1) is 0 Å². The lowest BCUT2D eigenvalue weighted by molar-refractivity contribution is 0.238. The minimum atomic E-state index is -0.513. The maximum Gasteiger partial charge on any atom is 0.331 e. The molecule has 1 aromatic rings. The largest absolute Gasteiger partial charge is 0.494 e. The molecule has 5 nitrogen and oxygen atoms in total. The van der Waals surface area contributed by atoms with Gasteiger partial charge in [0, 0.05) is 6.04 Å². The van der Waals surface area contributed by atoms with Gasteiger partial charge in [-0.2, -0.15) is 0 Å². The predicted molar refractivity (Wildman–Crippen MR) is 69.0 cm³/mol. The quantitative estimate of drug-likeness (QED) is 0.841. The molecule has 0 saturated heterocycles. The smallest absolute Gasteiger partial charge is 0.331 e. The van der Waals surface area contributed by atoms with Gasteiger partial charge in [-0.3, -0.25) is 14.3 Å². The number of H-pyrrole nitrogens is 1. The van der Waals surface area contributed by atoms with Gasteiger partial charge in [-0.1, -0.05) is 19.3 Å². The molecule has 0 aliphatic heterocycles. The summed E-state index contributed by atoms with van der Waals surface area (Å²) in [6.45, 7) is 3.46. The molecule has 100 valence electrons. The van der Waals surface area contributed by atoms with Crippen LogP contribution in [0, 0.1) is 12.8 Å². The second-order valence-corrected chi connectivity index (χ2v) is 5.22. The van der Waals surface area contributed by atoms with E-state index < -0.39 is 11.2 Å². The van der Waals surface area contributed by atoms with Crippen molar-refractivity contribution in [2.45, 2.75) is 52.0 Å². The third kappa shape index (κ3) is 2.21. The monoisotopic (exact) mass is 252 g/mol. The Kier molecular flexibility index (Phi) is 3.59. The van der Waals surface area contributed by atoms with E-state index in [4.69, 9.17) is 0 Å². The number of hydrogen-bond donors (Lipinski definition) is 2. The Morgan fingerprint density at radius 1 is 1.28 bits per heavy atom. The van der Waals surface area contributed by atoms with E-state index in [9.17, 15) is 14.7 Å². The number of hydrogen-bond acceptors (Lipinski definition) is 3. The average molecular weight is 252 g/mol. The molecule has 1 heterocycles. The van der Waals surface area contributed by atoms with Gasteiger partial charge >= 0.3 is 5.69 Å². The zero-order chi connectivity index (χ0) is 13.3. The molecule has 18 heavy (non-hydrogen) atoms. The fourth-order valence-electron chi connectivity index (χ4n) is 2.83. The van der Waals surface area contributed by atoms with Crippen LogP contribution < -0.4 is 11.2 Å². The Balaban J connectivity index is 2.41. The fourth-order valence-corrected chi connectivity index (χ4v) is 2.83. The second kappa shape index (κ2) is 5.00. The molecule has 1 fully saturated rings. The lowest BCUT2D eigenvalue weighted by atomic mass is 9.84. The molecule has 0 spiro atoms. The van der Waals surface area contributed by atoms with E-state index in [1.807, 2.05) is 6.92 Å². The normalized spacial score (nSPS) is 18.8. The molecule has 5 heteroatoms. The van der Waals surface area contributed by atoms with E-state index in [1.54, 1.807) is 0 Å². The van der Waals surface area contributed by atoms with Crippen LogP contribution in [0.2, 0.25) is 0 Å². The third-order valence-electron chi connectivity index (χ3n) is 4.08. The highest BCUT2D eigenvalue weighted by atomic mass is 16.3. The zero-order valence-electron chi connectivity index (χ0n) is 10.9. The number of rotatable bonds is 2. The molecule has 1 unspecified atom stereocenters. The molecule has 1 aliphatic carbocycles. The maximum absolute atomic E-state index is 11.8. The maximum atomic E-state index is 11.8. The van der Waals surface area contributed by atoms with Crippen LogP contribution in [-0.4, -0.2) is 14.7 Å². The first-order valence-electron chi connectivity index (χ1n) is 6.56. The lowest BCUT2D eigenvalue weighted by Gasteiger charge is -2.29. The van der Waals surface area contributed by atoms with E-state index in [0.717, 1.165) is 12.8 Å². The Bertz CT molecular complexity index is 538. The standard InChI is InChI=1S/C13H20N2O3/c1-8-11(16)14-13(18)15(12(8)17)9(2)10-6-4-3-5-7-10/h9-10,17H,3-7H2,1-2H3,(H,14,16,18). The molecule has 0 bridgehead atoms. The van der Waals surface area contributed by atoms with E-state index in [2.05, 4.69) is 4.98 Å². The fraction of sp³-hybridized carbons (Fsp3) is 0.692. The second-order valence-electron chi connectivity index (χ2n) is 5.22. The van der Waals surface area contributed by atoms with Gasteiger partial charge in [0.15, 0.2) is 0 Å². The molecule has 1 atom stereocenters. The molecule has 2 N–H and O–H groups in total. The summed E-state index contributed by atoms with van der Waals surface area (Å²) in [5.41, 5.74) is -0.817. The average Bonchev–Trinajstić information content (AvgIpc) is 2.37. The summed E-state index contributed by atoms with van der Waals surface area (Å²) in [5, 5.41) is 10.0. The number of aromatic hydroxyl groups is 1. The van der Waals surface area contributed by atoms with Crippen LogP contribution in [-0.2, 0) is 0 Å². The first kappa shape index (κ1) is 12.9. The molecule has 1 saturated carbocycles. The van der Waals surface area contributed by atoms with Crippen molar-refractivity contribution in [1.29, 1.82) is 0 Å². The molecular weight excluding hydrogens is 232 g/mol. The van der Waals surface area contributed by atoms with Gasteiger partial charge in [0.05, 0.1) is 5.56 Å². The molecule has 0 radical (unpaired) electrons. The van der Waals surface area contributed by atoms with Crippen LogP contribution >= 0.6 is 0 Å². The minimum Gasteiger partial charge on any atom is -0.494 e. The van der Waals surface area contributed by atoms with E-state index >= 15 is 0 Å². The topological polar surface area (TPSA) is 75.1 Å². The lowest BCUT2D eigenvalue weighted by Crippen LogP contribution is -2.35. The van der Waals surface area contributed by atoms with Crippen molar-refractivity contribution in [3.8, 4) is 5.88 Å². The first-order chi connectivity index (χ1) is 8.52. The molecule has 1 aliphatic rings. The highest BCUT2D eigenvalue weighted by molar-refractivity contribution is 5.21. The van der Waals surface area contributed by atoms with Crippen LogP contribution in [0.4, 0.5) is 0 Å². The van der Waals surface area contributed by atoms with Crippen LogP contribution in [0.15, 0.2) is 9.59 Å². The van der Waals surface area contributed by atoms with Crippen LogP contribution in [0.5, 0.6) is 5.88 Å². The highest BCUT2D eigenvalue weighted by Crippen LogP contribution is 2.33. The number of nitrogens with zero attached hydrogens (tertiary/aromatic N) is 1. The van der Waals surface area contributed by atoms with E-state index in [1.165, 1.54) is 30.8 Å². The molecular formula is C13H20N2O3. The molecule has 1 aromatic heterocycles. The van der Waals surface area contributed by atoms with Crippen molar-refractivity contribution >= 4 is 0 Å². The van der Waals surface area contributed by atoms with Crippen molar-refractivity contribution in [2.24, 2.45) is 5.92 Å². The van der Waals surface area contributed by atoms with Crippen LogP contribution in [0.1, 0.15) is 50.6 Å². The van der Waals surface area contributed by atoms with Crippen molar-refractivity contribution in [1.82, 2.24) is 9.55 Å². The summed E-state index contributed by atoms with van der Waals surface area (Å²) in [6, 6.07) is -0.0756. The number of aromatic amines is 1. The van der Waals surface area contributed by atoms with E-state index in [-0.39, 0.29) is 17.5 Å². The summed E-state index contributed by atoms with van der Waals surface area (Å²) in [6.07, 6.45) is 5.74. The van der Waals surface area contributed by atoms with Gasteiger partial charge in [-0.25, -0.2) is 4.79 Å². The van der Waals surface area contributed by atoms with Gasteiger partial charge in [-0.05, 0) is 32.6 Å². The van der Waals surface area contributed by atoms with Crippen molar-refractivity contribution in [3.63, 3.8) is 0 Å². The van der Waals surface area contributed by atoms with Crippen molar-refractivity contribution in [3.05, 3.63) is 26.4 Å². The Morgan fingerprint density at radius 3 is 2.50 bits per heavy atom. The van der Waals surface area contributed by atoms with Gasteiger partial charge in [0.1, 0.15) is 0 Å². The summed E-state index contributed by atoms with van der Waals surface area (Å²) >= 11 is 0. The Labute approximate surface area is 105 Å². The Morgan fingerprint density at radius 2 is 1.89 bits per heavy atom. The van der Waals surface area contributed by atoms with Crippen molar-refractivity contribution in [2.75, 3.05) is 0 Å². The first-order valence-corrected chi connectivity index (χ1v) is 6.56. The molecule has 2 rings (SSSR count). The number of aromatic nitrogens is 2. The van der Waals surface area contributed by atoms with E-state index in [0.29, 0.717) is 5.92 Å². The third-order valence-corrected chi connectivity index (χ3v) is 4.08. The number of nitrogens with one attached hydrogen (secondary N) is 1. The zero-order valence-corrected chi connectivity index (χ0v) is 10.9. The predicted octanol–water partition coefficient (Wildman–Crippen LogP) is 1.69. The van der Waals surface area contributed by atoms with Gasteiger partial charge < -0.3 is 5.11 Å². The minimum absolute atomic E-state index is 0.0756. The summed E-state index contributed by atoms with van der Waals surface area (Å²) in [5.74, 6) is 0.203. The Hall–Kier alpha value is -1.52. The summed E-state index contributed by atoms with van der Waals surface area (Å²) in [4.78, 5) is 25.5. The van der Waals surface area contributed by atoms with Gasteiger partial charge in [0.25, 0.3) is 5.56 Å². The highest BCUT2D eigenvalue weighted by Gasteiger charge is 2.25. The summed E-state index contributed by atoms with van der Waals surface area (Å²) in [7, 11) is 0.